The molecule has 0 spiro atoms. The SMILES string of the molecule is O=C(Nc1ccc(Br)c(F)c1)NC1CCCC1C(=O)O. The van der Waals surface area contributed by atoms with Crippen molar-refractivity contribution in [2.45, 2.75) is 25.3 Å². The summed E-state index contributed by atoms with van der Waals surface area (Å²) in [5.74, 6) is -1.93. The number of halogens is 2. The number of hydrogen-bond donors (Lipinski definition) is 3. The molecule has 2 unspecified atom stereocenters. The number of aliphatic carboxylic acids is 1. The number of anilines is 1. The summed E-state index contributed by atoms with van der Waals surface area (Å²) in [5, 5.41) is 14.1. The summed E-state index contributed by atoms with van der Waals surface area (Å²) in [4.78, 5) is 22.8. The predicted octanol–water partition coefficient (Wildman–Crippen LogP) is 2.96. The number of carboxylic acid groups (broad SMARTS) is 1. The highest BCUT2D eigenvalue weighted by atomic mass is 79.9. The molecule has 108 valence electrons. The van der Waals surface area contributed by atoms with E-state index in [1.54, 1.807) is 6.07 Å². The van der Waals surface area contributed by atoms with Gasteiger partial charge in [-0.3, -0.25) is 4.79 Å². The van der Waals surface area contributed by atoms with Gasteiger partial charge in [-0.1, -0.05) is 6.42 Å². The number of amides is 2. The van der Waals surface area contributed by atoms with Gasteiger partial charge in [0.2, 0.25) is 0 Å². The van der Waals surface area contributed by atoms with Gasteiger partial charge in [0, 0.05) is 11.7 Å². The first-order chi connectivity index (χ1) is 9.47. The van der Waals surface area contributed by atoms with Crippen molar-refractivity contribution in [1.29, 1.82) is 0 Å². The number of rotatable bonds is 3. The molecule has 0 saturated heterocycles. The van der Waals surface area contributed by atoms with Crippen LogP contribution in [0.2, 0.25) is 0 Å². The van der Waals surface area contributed by atoms with Crippen LogP contribution in [0.3, 0.4) is 0 Å². The van der Waals surface area contributed by atoms with Crippen LogP contribution in [0, 0.1) is 11.7 Å². The topological polar surface area (TPSA) is 78.4 Å². The fourth-order valence-corrected chi connectivity index (χ4v) is 2.58. The molecule has 0 bridgehead atoms. The number of nitrogens with one attached hydrogen (secondary N) is 2. The number of hydrogen-bond acceptors (Lipinski definition) is 2. The normalized spacial score (nSPS) is 21.5. The zero-order valence-corrected chi connectivity index (χ0v) is 12.1. The van der Waals surface area contributed by atoms with Crippen LogP contribution in [-0.4, -0.2) is 23.1 Å². The molecule has 1 aliphatic carbocycles. The van der Waals surface area contributed by atoms with Crippen molar-refractivity contribution in [2.24, 2.45) is 5.92 Å². The molecule has 0 radical (unpaired) electrons. The highest BCUT2D eigenvalue weighted by Gasteiger charge is 2.33. The first-order valence-corrected chi connectivity index (χ1v) is 7.02. The second kappa shape index (κ2) is 6.21. The zero-order chi connectivity index (χ0) is 14.7. The number of urea groups is 1. The largest absolute Gasteiger partial charge is 0.481 e. The first-order valence-electron chi connectivity index (χ1n) is 6.23. The van der Waals surface area contributed by atoms with Crippen LogP contribution in [-0.2, 0) is 4.79 Å². The van der Waals surface area contributed by atoms with Crippen molar-refractivity contribution >= 4 is 33.6 Å². The molecule has 20 heavy (non-hydrogen) atoms. The average molecular weight is 345 g/mol. The van der Waals surface area contributed by atoms with Crippen molar-refractivity contribution in [3.8, 4) is 0 Å². The Hall–Kier alpha value is -1.63. The number of benzene rings is 1. The third-order valence-corrected chi connectivity index (χ3v) is 3.97. The van der Waals surface area contributed by atoms with Crippen molar-refractivity contribution in [3.63, 3.8) is 0 Å². The van der Waals surface area contributed by atoms with E-state index in [9.17, 15) is 14.0 Å². The standard InChI is InChI=1S/C13H14BrFN2O3/c14-9-5-4-7(6-10(9)15)16-13(20)17-11-3-1-2-8(11)12(18)19/h4-6,8,11H,1-3H2,(H,18,19)(H2,16,17,20). The summed E-state index contributed by atoms with van der Waals surface area (Å²) in [7, 11) is 0. The van der Waals surface area contributed by atoms with Crippen molar-refractivity contribution < 1.29 is 19.1 Å². The van der Waals surface area contributed by atoms with Gasteiger partial charge in [-0.05, 0) is 47.0 Å². The van der Waals surface area contributed by atoms with E-state index in [1.165, 1.54) is 12.1 Å². The number of carbonyl (C=O) groups excluding carboxylic acids is 1. The smallest absolute Gasteiger partial charge is 0.319 e. The van der Waals surface area contributed by atoms with Crippen LogP contribution in [0.15, 0.2) is 22.7 Å². The number of carbonyl (C=O) groups is 2. The molecule has 0 heterocycles. The first kappa shape index (κ1) is 14.8. The lowest BCUT2D eigenvalue weighted by molar-refractivity contribution is -0.142. The van der Waals surface area contributed by atoms with E-state index in [-0.39, 0.29) is 6.04 Å². The van der Waals surface area contributed by atoms with Crippen molar-refractivity contribution in [2.75, 3.05) is 5.32 Å². The Balaban J connectivity index is 1.95. The quantitative estimate of drug-likeness (QED) is 0.788. The lowest BCUT2D eigenvalue weighted by Crippen LogP contribution is -2.42. The third kappa shape index (κ3) is 3.47. The summed E-state index contributed by atoms with van der Waals surface area (Å²) in [6.07, 6.45) is 1.97. The molecule has 3 N–H and O–H groups in total. The van der Waals surface area contributed by atoms with E-state index < -0.39 is 23.7 Å². The van der Waals surface area contributed by atoms with Crippen LogP contribution in [0.4, 0.5) is 14.9 Å². The minimum Gasteiger partial charge on any atom is -0.481 e. The van der Waals surface area contributed by atoms with Crippen molar-refractivity contribution in [1.82, 2.24) is 5.32 Å². The molecule has 7 heteroatoms. The second-order valence-electron chi connectivity index (χ2n) is 4.71. The molecule has 5 nitrogen and oxygen atoms in total. The molecule has 0 aliphatic heterocycles. The summed E-state index contributed by atoms with van der Waals surface area (Å²) < 4.78 is 13.6. The zero-order valence-electron chi connectivity index (χ0n) is 10.5. The van der Waals surface area contributed by atoms with Crippen LogP contribution < -0.4 is 10.6 Å². The van der Waals surface area contributed by atoms with Gasteiger partial charge in [-0.15, -0.1) is 0 Å². The Labute approximate surface area is 123 Å². The lowest BCUT2D eigenvalue weighted by Gasteiger charge is -2.18. The summed E-state index contributed by atoms with van der Waals surface area (Å²) in [6, 6.07) is 3.32. The van der Waals surface area contributed by atoms with E-state index in [0.29, 0.717) is 23.0 Å². The van der Waals surface area contributed by atoms with Gasteiger partial charge in [-0.25, -0.2) is 9.18 Å². The lowest BCUT2D eigenvalue weighted by atomic mass is 10.0. The maximum absolute atomic E-state index is 13.3. The fraction of sp³-hybridized carbons (Fsp3) is 0.385. The summed E-state index contributed by atoms with van der Waals surface area (Å²) in [5.41, 5.74) is 0.313. The van der Waals surface area contributed by atoms with E-state index in [2.05, 4.69) is 26.6 Å². The van der Waals surface area contributed by atoms with Gasteiger partial charge in [0.25, 0.3) is 0 Å². The van der Waals surface area contributed by atoms with Gasteiger partial charge in [0.1, 0.15) is 5.82 Å². The van der Waals surface area contributed by atoms with Crippen LogP contribution in [0.1, 0.15) is 19.3 Å². The molecule has 1 aromatic rings. The van der Waals surface area contributed by atoms with E-state index >= 15 is 0 Å². The minimum absolute atomic E-state index is 0.310. The minimum atomic E-state index is -0.900. The van der Waals surface area contributed by atoms with Crippen LogP contribution >= 0.6 is 15.9 Å². The molecular weight excluding hydrogens is 331 g/mol. The van der Waals surface area contributed by atoms with E-state index in [0.717, 1.165) is 6.42 Å². The predicted molar refractivity (Wildman–Crippen MR) is 75.0 cm³/mol. The monoisotopic (exact) mass is 344 g/mol. The van der Waals surface area contributed by atoms with Crippen LogP contribution in [0.5, 0.6) is 0 Å². The maximum Gasteiger partial charge on any atom is 0.319 e. The summed E-state index contributed by atoms with van der Waals surface area (Å²) >= 11 is 3.02. The highest BCUT2D eigenvalue weighted by molar-refractivity contribution is 9.10. The Kier molecular flexibility index (Phi) is 4.59. The Bertz CT molecular complexity index is 538. The Morgan fingerprint density at radius 3 is 2.75 bits per heavy atom. The highest BCUT2D eigenvalue weighted by Crippen LogP contribution is 2.26. The molecule has 1 fully saturated rings. The molecule has 1 saturated carbocycles. The van der Waals surface area contributed by atoms with E-state index in [4.69, 9.17) is 5.11 Å². The Morgan fingerprint density at radius 1 is 1.35 bits per heavy atom. The van der Waals surface area contributed by atoms with Gasteiger partial charge < -0.3 is 15.7 Å². The number of carboxylic acids is 1. The summed E-state index contributed by atoms with van der Waals surface area (Å²) in [6.45, 7) is 0. The third-order valence-electron chi connectivity index (χ3n) is 3.33. The average Bonchev–Trinajstić information content (AvgIpc) is 2.82. The van der Waals surface area contributed by atoms with Gasteiger partial charge in [0.15, 0.2) is 0 Å². The molecular formula is C13H14BrFN2O3. The molecule has 1 aliphatic rings. The van der Waals surface area contributed by atoms with E-state index in [1.807, 2.05) is 0 Å². The maximum atomic E-state index is 13.3. The molecule has 2 atom stereocenters. The fourth-order valence-electron chi connectivity index (χ4n) is 2.34. The van der Waals surface area contributed by atoms with Gasteiger partial charge >= 0.3 is 12.0 Å². The Morgan fingerprint density at radius 2 is 2.10 bits per heavy atom. The van der Waals surface area contributed by atoms with Gasteiger partial charge in [-0.2, -0.15) is 0 Å². The molecule has 2 rings (SSSR count). The molecule has 2 amide bonds. The second-order valence-corrected chi connectivity index (χ2v) is 5.56. The molecule has 1 aromatic carbocycles. The molecule has 0 aromatic heterocycles. The van der Waals surface area contributed by atoms with Gasteiger partial charge in [0.05, 0.1) is 10.4 Å². The van der Waals surface area contributed by atoms with Crippen molar-refractivity contribution in [3.05, 3.63) is 28.5 Å². The van der Waals surface area contributed by atoms with Crippen LogP contribution in [0.25, 0.3) is 0 Å².